The van der Waals surface area contributed by atoms with Crippen LogP contribution in [-0.4, -0.2) is 36.3 Å². The number of aliphatic imine (C=N–C) groups is 1. The van der Waals surface area contributed by atoms with Crippen LogP contribution in [0.5, 0.6) is 0 Å². The van der Waals surface area contributed by atoms with E-state index in [0.717, 1.165) is 6.54 Å². The van der Waals surface area contributed by atoms with E-state index in [1.54, 1.807) is 0 Å². The van der Waals surface area contributed by atoms with Gasteiger partial charge >= 0.3 is 0 Å². The Labute approximate surface area is 109 Å². The van der Waals surface area contributed by atoms with Crippen molar-refractivity contribution in [3.05, 3.63) is 0 Å². The standard InChI is InChI=1S/C13H26N2.C2H6/c1-11(2)15(12(3)4)10-13-7-5-6-8-14-9-13;1-2/h9,11-13H,5-8,10H2,1-4H3;1-2H3. The zero-order chi connectivity index (χ0) is 13.3. The summed E-state index contributed by atoms with van der Waals surface area (Å²) < 4.78 is 0. The van der Waals surface area contributed by atoms with Gasteiger partial charge < -0.3 is 0 Å². The summed E-state index contributed by atoms with van der Waals surface area (Å²) in [4.78, 5) is 7.04. The van der Waals surface area contributed by atoms with Gasteiger partial charge in [-0.3, -0.25) is 9.89 Å². The normalized spacial score (nSPS) is 20.4. The molecule has 1 unspecified atom stereocenters. The highest BCUT2D eigenvalue weighted by Crippen LogP contribution is 2.15. The summed E-state index contributed by atoms with van der Waals surface area (Å²) in [6.45, 7) is 15.4. The zero-order valence-electron chi connectivity index (χ0n) is 12.7. The maximum atomic E-state index is 4.47. The van der Waals surface area contributed by atoms with Gasteiger partial charge in [-0.1, -0.05) is 20.3 Å². The van der Waals surface area contributed by atoms with Crippen molar-refractivity contribution in [1.29, 1.82) is 0 Å². The van der Waals surface area contributed by atoms with E-state index in [4.69, 9.17) is 0 Å². The minimum atomic E-state index is 0.640. The van der Waals surface area contributed by atoms with Crippen LogP contribution in [0.4, 0.5) is 0 Å². The molecule has 0 saturated carbocycles. The average Bonchev–Trinajstić information content (AvgIpc) is 2.56. The number of hydrogen-bond acceptors (Lipinski definition) is 2. The third kappa shape index (κ3) is 6.82. The summed E-state index contributed by atoms with van der Waals surface area (Å²) in [6, 6.07) is 1.28. The first-order chi connectivity index (χ1) is 8.11. The Bertz CT molecular complexity index is 189. The lowest BCUT2D eigenvalue weighted by atomic mass is 10.0. The van der Waals surface area contributed by atoms with E-state index in [2.05, 4.69) is 43.8 Å². The van der Waals surface area contributed by atoms with Crippen LogP contribution in [0.2, 0.25) is 0 Å². The van der Waals surface area contributed by atoms with Crippen LogP contribution in [0.15, 0.2) is 4.99 Å². The van der Waals surface area contributed by atoms with Gasteiger partial charge in [0.05, 0.1) is 0 Å². The molecule has 0 fully saturated rings. The van der Waals surface area contributed by atoms with E-state index >= 15 is 0 Å². The molecule has 1 heterocycles. The van der Waals surface area contributed by atoms with Gasteiger partial charge in [0.15, 0.2) is 0 Å². The second-order valence-corrected chi connectivity index (χ2v) is 5.20. The van der Waals surface area contributed by atoms with Crippen LogP contribution < -0.4 is 0 Å². The average molecular weight is 240 g/mol. The van der Waals surface area contributed by atoms with Gasteiger partial charge in [0.1, 0.15) is 0 Å². The SMILES string of the molecule is CC.CC(C)N(CC1C=NCCCC1)C(C)C. The van der Waals surface area contributed by atoms with Crippen molar-refractivity contribution in [3.63, 3.8) is 0 Å². The Hall–Kier alpha value is -0.370. The van der Waals surface area contributed by atoms with Crippen LogP contribution in [0, 0.1) is 5.92 Å². The lowest BCUT2D eigenvalue weighted by Crippen LogP contribution is -2.40. The molecule has 0 saturated heterocycles. The summed E-state index contributed by atoms with van der Waals surface area (Å²) in [7, 11) is 0. The molecule has 0 bridgehead atoms. The van der Waals surface area contributed by atoms with E-state index in [1.807, 2.05) is 13.8 Å². The Morgan fingerprint density at radius 3 is 2.24 bits per heavy atom. The maximum absolute atomic E-state index is 4.47. The second-order valence-electron chi connectivity index (χ2n) is 5.20. The van der Waals surface area contributed by atoms with Crippen LogP contribution in [-0.2, 0) is 0 Å². The zero-order valence-corrected chi connectivity index (χ0v) is 12.7. The molecule has 1 aliphatic rings. The lowest BCUT2D eigenvalue weighted by Gasteiger charge is -2.32. The van der Waals surface area contributed by atoms with Crippen LogP contribution >= 0.6 is 0 Å². The molecule has 1 aliphatic heterocycles. The summed E-state index contributed by atoms with van der Waals surface area (Å²) in [6.07, 6.45) is 6.13. The molecule has 0 aromatic heterocycles. The summed E-state index contributed by atoms with van der Waals surface area (Å²) in [5, 5.41) is 0. The molecular formula is C15H32N2. The predicted molar refractivity (Wildman–Crippen MR) is 79.0 cm³/mol. The molecule has 2 nitrogen and oxygen atoms in total. The highest BCUT2D eigenvalue weighted by atomic mass is 15.2. The first-order valence-electron chi connectivity index (χ1n) is 7.37. The number of rotatable bonds is 4. The molecule has 2 heteroatoms. The quantitative estimate of drug-likeness (QED) is 0.725. The molecule has 0 aromatic rings. The van der Waals surface area contributed by atoms with Crippen molar-refractivity contribution in [2.75, 3.05) is 13.1 Å². The third-order valence-corrected chi connectivity index (χ3v) is 3.20. The molecule has 1 rings (SSSR count). The van der Waals surface area contributed by atoms with Gasteiger partial charge in [0.2, 0.25) is 0 Å². The number of nitrogens with zero attached hydrogens (tertiary/aromatic N) is 2. The fourth-order valence-corrected chi connectivity index (χ4v) is 2.33. The molecule has 102 valence electrons. The largest absolute Gasteiger partial charge is 0.298 e. The second kappa shape index (κ2) is 9.64. The van der Waals surface area contributed by atoms with E-state index in [9.17, 15) is 0 Å². The van der Waals surface area contributed by atoms with E-state index < -0.39 is 0 Å². The monoisotopic (exact) mass is 240 g/mol. The van der Waals surface area contributed by atoms with Crippen molar-refractivity contribution < 1.29 is 0 Å². The van der Waals surface area contributed by atoms with Crippen molar-refractivity contribution in [2.45, 2.75) is 72.9 Å². The van der Waals surface area contributed by atoms with Crippen LogP contribution in [0.1, 0.15) is 60.8 Å². The van der Waals surface area contributed by atoms with Gasteiger partial charge in [0, 0.05) is 37.3 Å². The maximum Gasteiger partial charge on any atom is 0.0385 e. The lowest BCUT2D eigenvalue weighted by molar-refractivity contribution is 0.160. The fraction of sp³-hybridized carbons (Fsp3) is 0.933. The molecule has 0 aromatic carbocycles. The molecule has 1 atom stereocenters. The first-order valence-corrected chi connectivity index (χ1v) is 7.37. The van der Waals surface area contributed by atoms with Crippen molar-refractivity contribution in [2.24, 2.45) is 10.9 Å². The first kappa shape index (κ1) is 16.6. The molecule has 0 N–H and O–H groups in total. The van der Waals surface area contributed by atoms with Gasteiger partial charge in [0.25, 0.3) is 0 Å². The minimum Gasteiger partial charge on any atom is -0.298 e. The molecular weight excluding hydrogens is 208 g/mol. The van der Waals surface area contributed by atoms with Crippen LogP contribution in [0.3, 0.4) is 0 Å². The van der Waals surface area contributed by atoms with E-state index in [1.165, 1.54) is 25.8 Å². The Balaban J connectivity index is 0.00000121. The van der Waals surface area contributed by atoms with Crippen molar-refractivity contribution in [1.82, 2.24) is 4.90 Å². The summed E-state index contributed by atoms with van der Waals surface area (Å²) in [5.74, 6) is 0.678. The molecule has 17 heavy (non-hydrogen) atoms. The minimum absolute atomic E-state index is 0.640. The fourth-order valence-electron chi connectivity index (χ4n) is 2.33. The van der Waals surface area contributed by atoms with Gasteiger partial charge in [-0.05, 0) is 40.5 Å². The van der Waals surface area contributed by atoms with Crippen molar-refractivity contribution in [3.8, 4) is 0 Å². The molecule has 0 amide bonds. The molecule has 0 radical (unpaired) electrons. The Morgan fingerprint density at radius 1 is 1.12 bits per heavy atom. The predicted octanol–water partition coefficient (Wildman–Crippen LogP) is 4.00. The van der Waals surface area contributed by atoms with E-state index in [0.29, 0.717) is 18.0 Å². The topological polar surface area (TPSA) is 15.6 Å². The smallest absolute Gasteiger partial charge is 0.0385 e. The van der Waals surface area contributed by atoms with Crippen molar-refractivity contribution >= 4 is 6.21 Å². The Morgan fingerprint density at radius 2 is 1.71 bits per heavy atom. The van der Waals surface area contributed by atoms with E-state index in [-0.39, 0.29) is 0 Å². The Kier molecular flexibility index (Phi) is 9.43. The molecule has 0 aliphatic carbocycles. The highest BCUT2D eigenvalue weighted by Gasteiger charge is 2.18. The van der Waals surface area contributed by atoms with Gasteiger partial charge in [-0.2, -0.15) is 0 Å². The summed E-state index contributed by atoms with van der Waals surface area (Å²) >= 11 is 0. The van der Waals surface area contributed by atoms with Crippen LogP contribution in [0.25, 0.3) is 0 Å². The van der Waals surface area contributed by atoms with Gasteiger partial charge in [-0.15, -0.1) is 0 Å². The number of hydrogen-bond donors (Lipinski definition) is 0. The summed E-state index contributed by atoms with van der Waals surface area (Å²) in [5.41, 5.74) is 0. The highest BCUT2D eigenvalue weighted by molar-refractivity contribution is 5.61. The van der Waals surface area contributed by atoms with Gasteiger partial charge in [-0.25, -0.2) is 0 Å². The molecule has 0 spiro atoms. The third-order valence-electron chi connectivity index (χ3n) is 3.20.